The summed E-state index contributed by atoms with van der Waals surface area (Å²) in [5, 5.41) is 50.7. The van der Waals surface area contributed by atoms with Crippen LogP contribution >= 0.6 is 0 Å². The standard InChI is InChI=1S/C53H100N16O12/c1-10-30(6)12-11-13-42(72)60-34(14-20-54)49(77)69-44(33(9)71)53(81)65-37(17-23-57)46(74)64-39-19-25-59-31(7)43(32(8)70)68-50(78)38(18-24-58)62-45(73)35(15-21-55)63-51(79)40(26-28(2)3)67-52(80)41(27-29(4)5)66-47(75)36(16-22-56)61-48(39)76/h28-30,32-41,43-44,59,70-71H,7,10-27,54-58H2,1-6,8-9H3,(H,60,72)(H,61,76)(H,62,73)(H,63,79)(H,64,74)(H,65,81)(H,66,75)(H,67,80)(H,68,78)(H,69,77)/t30?,32?,33-,34+,35+,36+,37?,38+,39+,40+,41-,43-,44+/m1/s1. The van der Waals surface area contributed by atoms with Crippen molar-refractivity contribution >= 4 is 59.1 Å². The first-order valence-electron chi connectivity index (χ1n) is 28.5. The fraction of sp³-hybridized carbons (Fsp3) is 0.774. The molecule has 0 aromatic rings. The second-order valence-corrected chi connectivity index (χ2v) is 21.8. The first kappa shape index (κ1) is 73.0. The zero-order chi connectivity index (χ0) is 61.5. The summed E-state index contributed by atoms with van der Waals surface area (Å²) >= 11 is 0. The fourth-order valence-corrected chi connectivity index (χ4v) is 8.73. The molecule has 13 atom stereocenters. The van der Waals surface area contributed by atoms with E-state index in [1.54, 1.807) is 13.8 Å². The van der Waals surface area contributed by atoms with Crippen molar-refractivity contribution in [3.63, 3.8) is 0 Å². The number of carbonyl (C=O) groups is 10. The molecule has 1 aliphatic heterocycles. The van der Waals surface area contributed by atoms with E-state index in [4.69, 9.17) is 28.7 Å². The Morgan fingerprint density at radius 3 is 1.42 bits per heavy atom. The Morgan fingerprint density at radius 1 is 0.568 bits per heavy atom. The normalized spacial score (nSPS) is 23.6. The van der Waals surface area contributed by atoms with E-state index < -0.39 is 132 Å². The minimum atomic E-state index is -1.66. The molecule has 0 aliphatic carbocycles. The molecular formula is C53H100N16O12. The van der Waals surface area contributed by atoms with Crippen molar-refractivity contribution in [1.29, 1.82) is 0 Å². The van der Waals surface area contributed by atoms with Gasteiger partial charge in [-0.25, -0.2) is 0 Å². The number of rotatable bonds is 28. The molecule has 1 fully saturated rings. The largest absolute Gasteiger partial charge is 0.391 e. The van der Waals surface area contributed by atoms with Crippen molar-refractivity contribution in [3.8, 4) is 0 Å². The molecule has 0 spiro atoms. The molecule has 28 heteroatoms. The maximum absolute atomic E-state index is 14.5. The van der Waals surface area contributed by atoms with Crippen LogP contribution < -0.4 is 87.2 Å². The van der Waals surface area contributed by atoms with Crippen LogP contribution in [-0.4, -0.2) is 181 Å². The zero-order valence-electron chi connectivity index (χ0n) is 49.0. The second kappa shape index (κ2) is 38.6. The molecule has 1 aliphatic rings. The fourth-order valence-electron chi connectivity index (χ4n) is 8.73. The molecule has 0 bridgehead atoms. The number of hydrogen-bond acceptors (Lipinski definition) is 18. The molecule has 81 heavy (non-hydrogen) atoms. The first-order chi connectivity index (χ1) is 38.2. The van der Waals surface area contributed by atoms with Gasteiger partial charge in [0.1, 0.15) is 54.4 Å². The lowest BCUT2D eigenvalue weighted by atomic mass is 9.99. The van der Waals surface area contributed by atoms with Gasteiger partial charge >= 0.3 is 0 Å². The molecule has 0 aromatic heterocycles. The van der Waals surface area contributed by atoms with Crippen LogP contribution in [0.4, 0.5) is 0 Å². The van der Waals surface area contributed by atoms with E-state index in [1.165, 1.54) is 13.8 Å². The lowest BCUT2D eigenvalue weighted by Gasteiger charge is -2.29. The van der Waals surface area contributed by atoms with Crippen LogP contribution in [-0.2, 0) is 47.9 Å². The number of nitrogens with one attached hydrogen (secondary N) is 11. The maximum Gasteiger partial charge on any atom is 0.245 e. The van der Waals surface area contributed by atoms with Crippen molar-refractivity contribution in [1.82, 2.24) is 58.5 Å². The van der Waals surface area contributed by atoms with Crippen LogP contribution in [0.2, 0.25) is 0 Å². The Kier molecular flexibility index (Phi) is 34.8. The second-order valence-electron chi connectivity index (χ2n) is 21.8. The molecule has 1 heterocycles. The molecule has 0 aromatic carbocycles. The Bertz CT molecular complexity index is 2050. The number of aliphatic hydroxyl groups is 2. The predicted molar refractivity (Wildman–Crippen MR) is 305 cm³/mol. The van der Waals surface area contributed by atoms with E-state index in [0.29, 0.717) is 12.3 Å². The summed E-state index contributed by atoms with van der Waals surface area (Å²) in [6, 6.07) is -13.6. The Morgan fingerprint density at radius 2 is 1.00 bits per heavy atom. The third kappa shape index (κ3) is 27.1. The summed E-state index contributed by atoms with van der Waals surface area (Å²) in [5.74, 6) is -8.04. The molecule has 1 saturated heterocycles. The highest BCUT2D eigenvalue weighted by molar-refractivity contribution is 5.98. The monoisotopic (exact) mass is 1150 g/mol. The highest BCUT2D eigenvalue weighted by Gasteiger charge is 2.37. The molecule has 23 N–H and O–H groups in total. The van der Waals surface area contributed by atoms with Gasteiger partial charge in [-0.3, -0.25) is 47.9 Å². The first-order valence-corrected chi connectivity index (χ1v) is 28.5. The van der Waals surface area contributed by atoms with Gasteiger partial charge < -0.3 is 97.4 Å². The van der Waals surface area contributed by atoms with Gasteiger partial charge in [-0.2, -0.15) is 0 Å². The lowest BCUT2D eigenvalue weighted by molar-refractivity contribution is -0.137. The topological polar surface area (TPSA) is 474 Å². The molecule has 3 unspecified atom stereocenters. The summed E-state index contributed by atoms with van der Waals surface area (Å²) < 4.78 is 0. The highest BCUT2D eigenvalue weighted by atomic mass is 16.3. The van der Waals surface area contributed by atoms with Crippen LogP contribution in [0.15, 0.2) is 12.3 Å². The van der Waals surface area contributed by atoms with Gasteiger partial charge in [0.2, 0.25) is 59.1 Å². The van der Waals surface area contributed by atoms with Gasteiger partial charge in [-0.15, -0.1) is 0 Å². The third-order valence-corrected chi connectivity index (χ3v) is 13.6. The molecule has 0 saturated carbocycles. The van der Waals surface area contributed by atoms with Crippen LogP contribution in [0.3, 0.4) is 0 Å². The zero-order valence-corrected chi connectivity index (χ0v) is 49.0. The van der Waals surface area contributed by atoms with Gasteiger partial charge in [-0.05, 0) is 122 Å². The Labute approximate surface area is 477 Å². The van der Waals surface area contributed by atoms with Gasteiger partial charge in [-0.1, -0.05) is 61.0 Å². The van der Waals surface area contributed by atoms with Crippen LogP contribution in [0.25, 0.3) is 0 Å². The predicted octanol–water partition coefficient (Wildman–Crippen LogP) is -4.84. The SMILES string of the molecule is C=C1NCC[C@H](NC(=O)C(CCN)NC(=O)[C@@H](NC(=O)[C@H](CCN)NC(=O)CCCC(C)CC)[C@@H](C)O)C(=O)N[C@@H](CCN)C(=O)N[C@H](CC(C)C)C(=O)N[C@@H](CC(C)C)C(=O)N[C@@H](CCN)C(=O)N[C@@H](CCN)C(=O)N[C@H]1C(C)O. The summed E-state index contributed by atoms with van der Waals surface area (Å²) in [7, 11) is 0. The quantitative estimate of drug-likeness (QED) is 0.0349. The van der Waals surface area contributed by atoms with Gasteiger partial charge in [0.25, 0.3) is 0 Å². The summed E-state index contributed by atoms with van der Waals surface area (Å²) in [5.41, 5.74) is 29.4. The van der Waals surface area contributed by atoms with E-state index in [1.807, 2.05) is 20.8 Å². The van der Waals surface area contributed by atoms with Crippen LogP contribution in [0.1, 0.15) is 132 Å². The van der Waals surface area contributed by atoms with E-state index in [0.717, 1.165) is 12.8 Å². The molecular weight excluding hydrogens is 1050 g/mol. The summed E-state index contributed by atoms with van der Waals surface area (Å²) in [6.45, 7) is 17.2. The molecule has 464 valence electrons. The number of aliphatic hydroxyl groups excluding tert-OH is 2. The van der Waals surface area contributed by atoms with Crippen molar-refractivity contribution in [2.45, 2.75) is 205 Å². The number of carbonyl (C=O) groups excluding carboxylic acids is 10. The van der Waals surface area contributed by atoms with Crippen LogP contribution in [0.5, 0.6) is 0 Å². The summed E-state index contributed by atoms with van der Waals surface area (Å²) in [4.78, 5) is 139. The van der Waals surface area contributed by atoms with Crippen LogP contribution in [0, 0.1) is 17.8 Å². The number of nitrogens with two attached hydrogens (primary N) is 5. The Balaban J connectivity index is 3.84. The molecule has 1 rings (SSSR count). The minimum absolute atomic E-state index is 0.00107. The van der Waals surface area contributed by atoms with E-state index in [9.17, 15) is 58.2 Å². The van der Waals surface area contributed by atoms with Gasteiger partial charge in [0.05, 0.1) is 18.2 Å². The van der Waals surface area contributed by atoms with E-state index in [-0.39, 0.29) is 115 Å². The number of amides is 10. The van der Waals surface area contributed by atoms with Crippen molar-refractivity contribution in [2.75, 3.05) is 39.3 Å². The van der Waals surface area contributed by atoms with Crippen molar-refractivity contribution < 1.29 is 58.2 Å². The average molecular weight is 1150 g/mol. The number of hydrogen-bond donors (Lipinski definition) is 18. The van der Waals surface area contributed by atoms with Gasteiger partial charge in [0.15, 0.2) is 0 Å². The molecule has 10 amide bonds. The average Bonchev–Trinajstić information content (AvgIpc) is 3.41. The smallest absolute Gasteiger partial charge is 0.245 e. The van der Waals surface area contributed by atoms with Crippen molar-refractivity contribution in [3.05, 3.63) is 12.3 Å². The Hall–Kier alpha value is -6.04. The summed E-state index contributed by atoms with van der Waals surface area (Å²) in [6.07, 6.45) is -1.05. The third-order valence-electron chi connectivity index (χ3n) is 13.6. The minimum Gasteiger partial charge on any atom is -0.391 e. The van der Waals surface area contributed by atoms with Gasteiger partial charge in [0, 0.05) is 18.7 Å². The molecule has 0 radical (unpaired) electrons. The van der Waals surface area contributed by atoms with E-state index in [2.05, 4.69) is 72.0 Å². The van der Waals surface area contributed by atoms with E-state index >= 15 is 0 Å². The maximum atomic E-state index is 14.5. The molecule has 28 nitrogen and oxygen atoms in total. The highest BCUT2D eigenvalue weighted by Crippen LogP contribution is 2.14. The lowest BCUT2D eigenvalue weighted by Crippen LogP contribution is -2.62. The van der Waals surface area contributed by atoms with Crippen molar-refractivity contribution in [2.24, 2.45) is 46.4 Å².